The van der Waals surface area contributed by atoms with Crippen LogP contribution in [0, 0.1) is 5.41 Å². The van der Waals surface area contributed by atoms with Gasteiger partial charge in [-0.15, -0.1) is 11.6 Å². The predicted octanol–water partition coefficient (Wildman–Crippen LogP) is 4.93. The van der Waals surface area contributed by atoms with Crippen LogP contribution in [0.15, 0.2) is 24.3 Å². The Labute approximate surface area is 132 Å². The van der Waals surface area contributed by atoms with Crippen LogP contribution in [0.1, 0.15) is 50.5 Å². The second kappa shape index (κ2) is 6.58. The number of rotatable bonds is 4. The van der Waals surface area contributed by atoms with Crippen molar-refractivity contribution in [2.75, 3.05) is 7.11 Å². The molecule has 2 nitrogen and oxygen atoms in total. The fourth-order valence-electron chi connectivity index (χ4n) is 3.87. The lowest BCUT2D eigenvalue weighted by Crippen LogP contribution is -2.55. The Morgan fingerprint density at radius 2 is 1.76 bits per heavy atom. The normalized spacial score (nSPS) is 27.9. The number of ether oxygens (including phenoxy) is 2. The van der Waals surface area contributed by atoms with Gasteiger partial charge in [0.1, 0.15) is 5.75 Å². The molecule has 3 heteroatoms. The van der Waals surface area contributed by atoms with Crippen LogP contribution in [0.3, 0.4) is 0 Å². The first-order valence-corrected chi connectivity index (χ1v) is 8.57. The van der Waals surface area contributed by atoms with Crippen molar-refractivity contribution in [1.29, 1.82) is 0 Å². The summed E-state index contributed by atoms with van der Waals surface area (Å²) in [6, 6.07) is 8.14. The molecular weight excluding hydrogens is 284 g/mol. The Hall–Kier alpha value is -0.730. The summed E-state index contributed by atoms with van der Waals surface area (Å²) in [5.74, 6) is 0.892. The molecule has 2 fully saturated rings. The van der Waals surface area contributed by atoms with Crippen molar-refractivity contribution in [1.82, 2.24) is 0 Å². The zero-order valence-corrected chi connectivity index (χ0v) is 13.6. The zero-order valence-electron chi connectivity index (χ0n) is 12.8. The highest BCUT2D eigenvalue weighted by Crippen LogP contribution is 2.55. The number of hydrogen-bond donors (Lipinski definition) is 0. The van der Waals surface area contributed by atoms with E-state index in [4.69, 9.17) is 21.1 Å². The van der Waals surface area contributed by atoms with Gasteiger partial charge in [-0.25, -0.2) is 0 Å². The highest BCUT2D eigenvalue weighted by molar-refractivity contribution is 6.21. The minimum atomic E-state index is 0.254. The van der Waals surface area contributed by atoms with E-state index in [1.165, 1.54) is 44.1 Å². The van der Waals surface area contributed by atoms with Crippen LogP contribution < -0.4 is 4.74 Å². The lowest BCUT2D eigenvalue weighted by molar-refractivity contribution is -0.122. The van der Waals surface area contributed by atoms with Crippen LogP contribution >= 0.6 is 11.6 Å². The second-order valence-electron chi connectivity index (χ2n) is 6.50. The van der Waals surface area contributed by atoms with Gasteiger partial charge in [-0.1, -0.05) is 37.8 Å². The van der Waals surface area contributed by atoms with Crippen LogP contribution in [0.2, 0.25) is 0 Å². The molecule has 0 radical (unpaired) electrons. The van der Waals surface area contributed by atoms with Gasteiger partial charge in [-0.2, -0.15) is 0 Å². The third-order valence-electron chi connectivity index (χ3n) is 5.33. The van der Waals surface area contributed by atoms with E-state index in [0.29, 0.717) is 18.1 Å². The Bertz CT molecular complexity index is 449. The van der Waals surface area contributed by atoms with Crippen LogP contribution in [-0.4, -0.2) is 18.6 Å². The summed E-state index contributed by atoms with van der Waals surface area (Å²) in [7, 11) is 1.69. The van der Waals surface area contributed by atoms with Gasteiger partial charge in [0.25, 0.3) is 0 Å². The lowest BCUT2D eigenvalue weighted by Gasteiger charge is -2.53. The molecule has 1 aromatic rings. The molecule has 0 saturated heterocycles. The molecular formula is C18H25ClO2. The lowest BCUT2D eigenvalue weighted by atomic mass is 9.61. The Morgan fingerprint density at radius 3 is 2.33 bits per heavy atom. The molecule has 0 N–H and O–H groups in total. The molecule has 0 amide bonds. The molecule has 21 heavy (non-hydrogen) atoms. The molecule has 2 atom stereocenters. The molecule has 116 valence electrons. The quantitative estimate of drug-likeness (QED) is 0.734. The van der Waals surface area contributed by atoms with Gasteiger partial charge in [-0.3, -0.25) is 0 Å². The second-order valence-corrected chi connectivity index (χ2v) is 7.03. The Kier molecular flexibility index (Phi) is 4.75. The number of halogens is 1. The summed E-state index contributed by atoms with van der Waals surface area (Å²) in [5.41, 5.74) is 1.46. The highest BCUT2D eigenvalue weighted by atomic mass is 35.5. The first kappa shape index (κ1) is 15.2. The van der Waals surface area contributed by atoms with Gasteiger partial charge in [-0.05, 0) is 37.0 Å². The molecule has 1 spiro atoms. The van der Waals surface area contributed by atoms with Crippen LogP contribution in [0.25, 0.3) is 0 Å². The summed E-state index contributed by atoms with van der Waals surface area (Å²) in [6.07, 6.45) is 9.19. The molecule has 2 aliphatic carbocycles. The molecule has 1 aromatic carbocycles. The number of benzene rings is 1. The summed E-state index contributed by atoms with van der Waals surface area (Å²) in [4.78, 5) is 0. The van der Waals surface area contributed by atoms with Crippen molar-refractivity contribution in [2.45, 2.75) is 63.0 Å². The van der Waals surface area contributed by atoms with Crippen molar-refractivity contribution < 1.29 is 9.47 Å². The SMILES string of the molecule is COc1ccc(COC2CC(Cl)C23CCCCCC3)cc1. The largest absolute Gasteiger partial charge is 0.497 e. The maximum atomic E-state index is 6.58. The van der Waals surface area contributed by atoms with E-state index in [1.807, 2.05) is 12.1 Å². The number of hydrogen-bond acceptors (Lipinski definition) is 2. The van der Waals surface area contributed by atoms with Crippen molar-refractivity contribution in [3.8, 4) is 5.75 Å². The molecule has 0 aliphatic heterocycles. The number of methoxy groups -OCH3 is 1. The van der Waals surface area contributed by atoms with Gasteiger partial charge in [0.15, 0.2) is 0 Å². The summed E-state index contributed by atoms with van der Waals surface area (Å²) in [5, 5.41) is 0.316. The topological polar surface area (TPSA) is 18.5 Å². The average molecular weight is 309 g/mol. The highest BCUT2D eigenvalue weighted by Gasteiger charge is 2.54. The van der Waals surface area contributed by atoms with Gasteiger partial charge in [0.2, 0.25) is 0 Å². The van der Waals surface area contributed by atoms with Crippen LogP contribution in [-0.2, 0) is 11.3 Å². The Balaban J connectivity index is 1.59. The zero-order chi connectivity index (χ0) is 14.7. The summed E-state index contributed by atoms with van der Waals surface area (Å²) >= 11 is 6.58. The first-order valence-electron chi connectivity index (χ1n) is 8.13. The standard InChI is InChI=1S/C18H25ClO2/c1-20-15-8-6-14(7-9-15)13-21-17-12-16(19)18(17)10-4-2-3-5-11-18/h6-9,16-17H,2-5,10-13H2,1H3. The van der Waals surface area contributed by atoms with Crippen molar-refractivity contribution >= 4 is 11.6 Å². The van der Waals surface area contributed by atoms with E-state index < -0.39 is 0 Å². The van der Waals surface area contributed by atoms with E-state index in [1.54, 1.807) is 7.11 Å². The van der Waals surface area contributed by atoms with Crippen molar-refractivity contribution in [3.05, 3.63) is 29.8 Å². The van der Waals surface area contributed by atoms with Crippen molar-refractivity contribution in [2.24, 2.45) is 5.41 Å². The third kappa shape index (κ3) is 3.07. The molecule has 2 aliphatic rings. The van der Waals surface area contributed by atoms with E-state index >= 15 is 0 Å². The smallest absolute Gasteiger partial charge is 0.118 e. The first-order chi connectivity index (χ1) is 10.2. The summed E-state index contributed by atoms with van der Waals surface area (Å²) < 4.78 is 11.4. The molecule has 0 heterocycles. The monoisotopic (exact) mass is 308 g/mol. The minimum Gasteiger partial charge on any atom is -0.497 e. The summed E-state index contributed by atoms with van der Waals surface area (Å²) in [6.45, 7) is 0.681. The number of alkyl halides is 1. The molecule has 0 aromatic heterocycles. The van der Waals surface area contributed by atoms with Gasteiger partial charge < -0.3 is 9.47 Å². The van der Waals surface area contributed by atoms with Gasteiger partial charge in [0, 0.05) is 10.8 Å². The van der Waals surface area contributed by atoms with E-state index in [0.717, 1.165) is 12.2 Å². The minimum absolute atomic E-state index is 0.254. The van der Waals surface area contributed by atoms with Crippen LogP contribution in [0.5, 0.6) is 5.75 Å². The molecule has 3 rings (SSSR count). The molecule has 2 unspecified atom stereocenters. The van der Waals surface area contributed by atoms with Gasteiger partial charge >= 0.3 is 0 Å². The fourth-order valence-corrected chi connectivity index (χ4v) is 4.39. The average Bonchev–Trinajstić information content (AvgIpc) is 2.80. The van der Waals surface area contributed by atoms with E-state index in [-0.39, 0.29) is 5.41 Å². The Morgan fingerprint density at radius 1 is 1.10 bits per heavy atom. The van der Waals surface area contributed by atoms with Gasteiger partial charge in [0.05, 0.1) is 19.8 Å². The van der Waals surface area contributed by atoms with Crippen LogP contribution in [0.4, 0.5) is 0 Å². The predicted molar refractivity (Wildman–Crippen MR) is 86.0 cm³/mol. The van der Waals surface area contributed by atoms with Crippen molar-refractivity contribution in [3.63, 3.8) is 0 Å². The molecule has 0 bridgehead atoms. The maximum Gasteiger partial charge on any atom is 0.118 e. The molecule has 2 saturated carbocycles. The van der Waals surface area contributed by atoms with E-state index in [2.05, 4.69) is 12.1 Å². The maximum absolute atomic E-state index is 6.58. The third-order valence-corrected chi connectivity index (χ3v) is 5.94. The fraction of sp³-hybridized carbons (Fsp3) is 0.667. The van der Waals surface area contributed by atoms with E-state index in [9.17, 15) is 0 Å².